The third kappa shape index (κ3) is 4.52. The van der Waals surface area contributed by atoms with Gasteiger partial charge < -0.3 is 24.8 Å². The summed E-state index contributed by atoms with van der Waals surface area (Å²) in [5.74, 6) is 1.23. The standard InChI is InChI=1S/C19H25N7O4/c1-11(2)21-19(27)30-13-7-16(29-10-13)14-8-17(24-23-14)22-18-15-6-12(9-28-3)25-26(15)5-4-20-18/h4-6,8,11,13,16H,7,9-10H2,1-3H3,(H,21,27)(H2,20,22,23,24)/t13-,16-/m0/s1. The molecule has 3 N–H and O–H groups in total. The molecule has 0 bridgehead atoms. The molecule has 0 aliphatic carbocycles. The monoisotopic (exact) mass is 415 g/mol. The number of rotatable bonds is 7. The molecule has 11 nitrogen and oxygen atoms in total. The SMILES string of the molecule is COCc1cc2c(Nc3cc([C@@H]4C[C@H](OC(=O)NC(C)C)CO4)[nH]n3)nccn2n1. The molecule has 0 spiro atoms. The summed E-state index contributed by atoms with van der Waals surface area (Å²) in [5.41, 5.74) is 2.42. The van der Waals surface area contributed by atoms with Gasteiger partial charge in [0.1, 0.15) is 17.7 Å². The van der Waals surface area contributed by atoms with Crippen LogP contribution in [0, 0.1) is 0 Å². The van der Waals surface area contributed by atoms with Crippen molar-refractivity contribution in [2.75, 3.05) is 19.0 Å². The van der Waals surface area contributed by atoms with Crippen LogP contribution in [-0.4, -0.2) is 56.8 Å². The van der Waals surface area contributed by atoms with Crippen molar-refractivity contribution < 1.29 is 19.0 Å². The van der Waals surface area contributed by atoms with Crippen LogP contribution in [0.25, 0.3) is 5.52 Å². The quantitative estimate of drug-likeness (QED) is 0.536. The Balaban J connectivity index is 1.40. The minimum atomic E-state index is -0.431. The molecular weight excluding hydrogens is 390 g/mol. The summed E-state index contributed by atoms with van der Waals surface area (Å²) < 4.78 is 18.0. The van der Waals surface area contributed by atoms with Gasteiger partial charge in [-0.3, -0.25) is 5.10 Å². The molecule has 1 aliphatic heterocycles. The van der Waals surface area contributed by atoms with Gasteiger partial charge in [-0.05, 0) is 19.9 Å². The average Bonchev–Trinajstić information content (AvgIpc) is 3.41. The van der Waals surface area contributed by atoms with Gasteiger partial charge in [0.05, 0.1) is 24.6 Å². The molecule has 0 radical (unpaired) electrons. The second-order valence-electron chi connectivity index (χ2n) is 7.39. The van der Waals surface area contributed by atoms with Gasteiger partial charge in [0.25, 0.3) is 0 Å². The number of carbonyl (C=O) groups excluding carboxylic acids is 1. The highest BCUT2D eigenvalue weighted by Gasteiger charge is 2.31. The summed E-state index contributed by atoms with van der Waals surface area (Å²) >= 11 is 0. The minimum absolute atomic E-state index is 0.0243. The Morgan fingerprint density at radius 3 is 3.10 bits per heavy atom. The van der Waals surface area contributed by atoms with Crippen LogP contribution in [0.4, 0.5) is 16.4 Å². The second kappa shape index (κ2) is 8.67. The van der Waals surface area contributed by atoms with Gasteiger partial charge in [-0.1, -0.05) is 0 Å². The Hall–Kier alpha value is -3.18. The van der Waals surface area contributed by atoms with Crippen LogP contribution in [0.3, 0.4) is 0 Å². The minimum Gasteiger partial charge on any atom is -0.444 e. The van der Waals surface area contributed by atoms with Gasteiger partial charge in [0, 0.05) is 38.0 Å². The predicted molar refractivity (Wildman–Crippen MR) is 107 cm³/mol. The molecule has 160 valence electrons. The Morgan fingerprint density at radius 2 is 2.30 bits per heavy atom. The lowest BCUT2D eigenvalue weighted by molar-refractivity contribution is 0.0682. The number of fused-ring (bicyclic) bond motifs is 1. The predicted octanol–water partition coefficient (Wildman–Crippen LogP) is 2.31. The lowest BCUT2D eigenvalue weighted by Crippen LogP contribution is -2.33. The molecule has 4 heterocycles. The number of alkyl carbamates (subject to hydrolysis) is 1. The van der Waals surface area contributed by atoms with E-state index in [-0.39, 0.29) is 18.2 Å². The fourth-order valence-electron chi connectivity index (χ4n) is 3.29. The summed E-state index contributed by atoms with van der Waals surface area (Å²) in [5, 5.41) is 17.6. The van der Waals surface area contributed by atoms with E-state index in [0.717, 1.165) is 16.9 Å². The maximum absolute atomic E-state index is 11.8. The highest BCUT2D eigenvalue weighted by atomic mass is 16.6. The van der Waals surface area contributed by atoms with E-state index >= 15 is 0 Å². The van der Waals surface area contributed by atoms with Crippen LogP contribution in [0.15, 0.2) is 24.5 Å². The van der Waals surface area contributed by atoms with Crippen molar-refractivity contribution in [3.63, 3.8) is 0 Å². The lowest BCUT2D eigenvalue weighted by Gasteiger charge is -2.13. The van der Waals surface area contributed by atoms with E-state index in [0.29, 0.717) is 31.3 Å². The largest absolute Gasteiger partial charge is 0.444 e. The Kier molecular flexibility index (Phi) is 5.81. The van der Waals surface area contributed by atoms with Crippen molar-refractivity contribution in [1.82, 2.24) is 30.1 Å². The van der Waals surface area contributed by atoms with Crippen molar-refractivity contribution >= 4 is 23.2 Å². The van der Waals surface area contributed by atoms with E-state index in [1.165, 1.54) is 0 Å². The number of methoxy groups -OCH3 is 1. The highest BCUT2D eigenvalue weighted by Crippen LogP contribution is 2.31. The third-order valence-corrected chi connectivity index (χ3v) is 4.56. The van der Waals surface area contributed by atoms with Gasteiger partial charge in [0.15, 0.2) is 11.6 Å². The maximum Gasteiger partial charge on any atom is 0.407 e. The van der Waals surface area contributed by atoms with Crippen LogP contribution in [0.5, 0.6) is 0 Å². The first-order valence-electron chi connectivity index (χ1n) is 9.75. The number of aromatic nitrogens is 5. The number of nitrogens with one attached hydrogen (secondary N) is 3. The second-order valence-corrected chi connectivity index (χ2v) is 7.39. The zero-order valence-corrected chi connectivity index (χ0v) is 17.1. The van der Waals surface area contributed by atoms with E-state index in [9.17, 15) is 4.79 Å². The Morgan fingerprint density at radius 1 is 1.43 bits per heavy atom. The van der Waals surface area contributed by atoms with E-state index < -0.39 is 6.09 Å². The molecule has 11 heteroatoms. The van der Waals surface area contributed by atoms with Crippen LogP contribution in [0.1, 0.15) is 37.8 Å². The van der Waals surface area contributed by atoms with Crippen LogP contribution >= 0.6 is 0 Å². The van der Waals surface area contributed by atoms with Gasteiger partial charge in [-0.25, -0.2) is 14.3 Å². The van der Waals surface area contributed by atoms with Crippen molar-refractivity contribution in [3.8, 4) is 0 Å². The number of nitrogens with zero attached hydrogens (tertiary/aromatic N) is 4. The lowest BCUT2D eigenvalue weighted by atomic mass is 10.1. The number of ether oxygens (including phenoxy) is 3. The summed E-state index contributed by atoms with van der Waals surface area (Å²) in [6.07, 6.45) is 3.05. The molecule has 3 aromatic rings. The van der Waals surface area contributed by atoms with Gasteiger partial charge in [-0.2, -0.15) is 10.2 Å². The first kappa shape index (κ1) is 20.1. The normalized spacial score (nSPS) is 18.8. The molecule has 0 saturated carbocycles. The summed E-state index contributed by atoms with van der Waals surface area (Å²) in [7, 11) is 1.63. The smallest absolute Gasteiger partial charge is 0.407 e. The Labute approximate surface area is 173 Å². The zero-order valence-electron chi connectivity index (χ0n) is 17.1. The molecule has 1 aliphatic rings. The number of anilines is 2. The summed E-state index contributed by atoms with van der Waals surface area (Å²) in [6.45, 7) is 4.53. The van der Waals surface area contributed by atoms with E-state index in [2.05, 4.69) is 30.9 Å². The fraction of sp³-hybridized carbons (Fsp3) is 0.474. The van der Waals surface area contributed by atoms with Gasteiger partial charge in [-0.15, -0.1) is 0 Å². The molecule has 0 aromatic carbocycles. The maximum atomic E-state index is 11.8. The van der Waals surface area contributed by atoms with Crippen molar-refractivity contribution in [2.45, 2.75) is 45.1 Å². The van der Waals surface area contributed by atoms with Crippen molar-refractivity contribution in [1.29, 1.82) is 0 Å². The fourth-order valence-corrected chi connectivity index (χ4v) is 3.29. The van der Waals surface area contributed by atoms with Gasteiger partial charge in [0.2, 0.25) is 0 Å². The number of carbonyl (C=O) groups is 1. The van der Waals surface area contributed by atoms with Crippen LogP contribution in [0.2, 0.25) is 0 Å². The molecule has 1 fully saturated rings. The first-order chi connectivity index (χ1) is 14.5. The molecule has 3 aromatic heterocycles. The molecular formula is C19H25N7O4. The van der Waals surface area contributed by atoms with Crippen molar-refractivity contribution in [2.24, 2.45) is 0 Å². The zero-order chi connectivity index (χ0) is 21.1. The van der Waals surface area contributed by atoms with Gasteiger partial charge >= 0.3 is 6.09 Å². The summed E-state index contributed by atoms with van der Waals surface area (Å²) in [6, 6.07) is 3.80. The first-order valence-corrected chi connectivity index (χ1v) is 9.75. The Bertz CT molecular complexity index is 1020. The number of amides is 1. The average molecular weight is 415 g/mol. The number of hydrogen-bond donors (Lipinski definition) is 3. The molecule has 1 saturated heterocycles. The molecule has 1 amide bonds. The molecule has 30 heavy (non-hydrogen) atoms. The number of hydrogen-bond acceptors (Lipinski definition) is 8. The van der Waals surface area contributed by atoms with Crippen LogP contribution < -0.4 is 10.6 Å². The third-order valence-electron chi connectivity index (χ3n) is 4.56. The topological polar surface area (TPSA) is 128 Å². The van der Waals surface area contributed by atoms with E-state index in [1.54, 1.807) is 24.0 Å². The summed E-state index contributed by atoms with van der Waals surface area (Å²) in [4.78, 5) is 16.2. The number of aromatic amines is 1. The molecule has 4 rings (SSSR count). The molecule has 0 unspecified atom stereocenters. The van der Waals surface area contributed by atoms with Crippen LogP contribution in [-0.2, 0) is 20.8 Å². The highest BCUT2D eigenvalue weighted by molar-refractivity contribution is 5.72. The number of H-pyrrole nitrogens is 1. The van der Waals surface area contributed by atoms with E-state index in [1.807, 2.05) is 26.0 Å². The molecule has 2 atom stereocenters. The van der Waals surface area contributed by atoms with E-state index in [4.69, 9.17) is 14.2 Å². The van der Waals surface area contributed by atoms with Crippen molar-refractivity contribution in [3.05, 3.63) is 35.9 Å².